The largest absolute Gasteiger partial charge is 0.490 e. The quantitative estimate of drug-likeness (QED) is 0.803. The Bertz CT molecular complexity index is 450. The maximum absolute atomic E-state index is 13.7. The number of rotatable bonds is 6. The van der Waals surface area contributed by atoms with E-state index >= 15 is 0 Å². The Morgan fingerprint density at radius 2 is 2.16 bits per heavy atom. The van der Waals surface area contributed by atoms with E-state index in [1.54, 1.807) is 6.07 Å². The fourth-order valence-electron chi connectivity index (χ4n) is 2.31. The smallest absolute Gasteiger partial charge is 0.167 e. The standard InChI is InChI=1S/C15H23FN2O/c1-4-5-19-15-8-14(13(17)7-12(15)16)18(3)9-11-6-10(11)2/h7-8,10-11H,4-6,9,17H2,1-3H3. The van der Waals surface area contributed by atoms with E-state index in [-0.39, 0.29) is 5.82 Å². The van der Waals surface area contributed by atoms with E-state index in [1.165, 1.54) is 12.5 Å². The second kappa shape index (κ2) is 5.68. The molecule has 2 rings (SSSR count). The van der Waals surface area contributed by atoms with Gasteiger partial charge < -0.3 is 15.4 Å². The summed E-state index contributed by atoms with van der Waals surface area (Å²) in [5, 5.41) is 0. The number of halogens is 1. The monoisotopic (exact) mass is 266 g/mol. The average Bonchev–Trinajstić information content (AvgIpc) is 3.03. The van der Waals surface area contributed by atoms with Crippen LogP contribution in [0.25, 0.3) is 0 Å². The number of nitrogen functional groups attached to an aromatic ring is 1. The molecule has 0 heterocycles. The molecular formula is C15H23FN2O. The maximum atomic E-state index is 13.7. The fraction of sp³-hybridized carbons (Fsp3) is 0.600. The van der Waals surface area contributed by atoms with Crippen molar-refractivity contribution in [2.75, 3.05) is 30.8 Å². The van der Waals surface area contributed by atoms with E-state index in [0.717, 1.165) is 30.5 Å². The average molecular weight is 266 g/mol. The van der Waals surface area contributed by atoms with Crippen LogP contribution < -0.4 is 15.4 Å². The van der Waals surface area contributed by atoms with Gasteiger partial charge in [0.25, 0.3) is 0 Å². The van der Waals surface area contributed by atoms with Crippen molar-refractivity contribution >= 4 is 11.4 Å². The van der Waals surface area contributed by atoms with Crippen LogP contribution in [0.4, 0.5) is 15.8 Å². The molecule has 0 radical (unpaired) electrons. The molecule has 0 amide bonds. The lowest BCUT2D eigenvalue weighted by molar-refractivity contribution is 0.301. The van der Waals surface area contributed by atoms with Crippen LogP contribution in [0.15, 0.2) is 12.1 Å². The number of nitrogens with zero attached hydrogens (tertiary/aromatic N) is 1. The lowest BCUT2D eigenvalue weighted by Gasteiger charge is -2.22. The third-order valence-corrected chi connectivity index (χ3v) is 3.74. The van der Waals surface area contributed by atoms with Crippen molar-refractivity contribution in [3.63, 3.8) is 0 Å². The highest BCUT2D eigenvalue weighted by atomic mass is 19.1. The highest BCUT2D eigenvalue weighted by molar-refractivity contribution is 5.69. The van der Waals surface area contributed by atoms with Gasteiger partial charge in [-0.3, -0.25) is 0 Å². The van der Waals surface area contributed by atoms with Gasteiger partial charge in [-0.1, -0.05) is 13.8 Å². The summed E-state index contributed by atoms with van der Waals surface area (Å²) in [4.78, 5) is 2.10. The molecule has 3 nitrogen and oxygen atoms in total. The molecule has 0 aromatic heterocycles. The molecule has 106 valence electrons. The zero-order chi connectivity index (χ0) is 14.0. The van der Waals surface area contributed by atoms with Crippen molar-refractivity contribution in [1.29, 1.82) is 0 Å². The Morgan fingerprint density at radius 3 is 2.74 bits per heavy atom. The Labute approximate surface area is 114 Å². The molecule has 1 aromatic carbocycles. The molecule has 1 saturated carbocycles. The van der Waals surface area contributed by atoms with Crippen molar-refractivity contribution in [1.82, 2.24) is 0 Å². The van der Waals surface area contributed by atoms with Gasteiger partial charge >= 0.3 is 0 Å². The molecule has 1 fully saturated rings. The minimum Gasteiger partial charge on any atom is -0.490 e. The van der Waals surface area contributed by atoms with Crippen molar-refractivity contribution in [2.24, 2.45) is 11.8 Å². The van der Waals surface area contributed by atoms with E-state index in [0.29, 0.717) is 18.0 Å². The van der Waals surface area contributed by atoms with Crippen LogP contribution in [0, 0.1) is 17.7 Å². The van der Waals surface area contributed by atoms with Gasteiger partial charge in [-0.25, -0.2) is 4.39 Å². The number of ether oxygens (including phenoxy) is 1. The first-order valence-corrected chi connectivity index (χ1v) is 6.95. The van der Waals surface area contributed by atoms with Crippen molar-refractivity contribution in [3.8, 4) is 5.75 Å². The summed E-state index contributed by atoms with van der Waals surface area (Å²) in [6.07, 6.45) is 2.12. The van der Waals surface area contributed by atoms with Gasteiger partial charge in [-0.15, -0.1) is 0 Å². The molecule has 4 heteroatoms. The third kappa shape index (κ3) is 3.31. The minimum atomic E-state index is -0.386. The normalized spacial score (nSPS) is 21.3. The van der Waals surface area contributed by atoms with E-state index in [2.05, 4.69) is 11.8 Å². The summed E-state index contributed by atoms with van der Waals surface area (Å²) in [6, 6.07) is 3.07. The highest BCUT2D eigenvalue weighted by Crippen LogP contribution is 2.40. The molecule has 2 unspecified atom stereocenters. The van der Waals surface area contributed by atoms with Crippen LogP contribution in [0.1, 0.15) is 26.7 Å². The van der Waals surface area contributed by atoms with E-state index in [1.807, 2.05) is 14.0 Å². The van der Waals surface area contributed by atoms with E-state index < -0.39 is 0 Å². The predicted molar refractivity (Wildman–Crippen MR) is 77.1 cm³/mol. The summed E-state index contributed by atoms with van der Waals surface area (Å²) in [5.41, 5.74) is 7.24. The summed E-state index contributed by atoms with van der Waals surface area (Å²) in [7, 11) is 2.00. The Kier molecular flexibility index (Phi) is 4.17. The molecule has 0 aliphatic heterocycles. The number of hydrogen-bond donors (Lipinski definition) is 1. The first kappa shape index (κ1) is 14.0. The summed E-state index contributed by atoms with van der Waals surface area (Å²) < 4.78 is 19.1. The first-order chi connectivity index (χ1) is 9.02. The molecule has 2 atom stereocenters. The molecular weight excluding hydrogens is 243 g/mol. The molecule has 19 heavy (non-hydrogen) atoms. The van der Waals surface area contributed by atoms with E-state index in [4.69, 9.17) is 10.5 Å². The van der Waals surface area contributed by atoms with Crippen molar-refractivity contribution in [3.05, 3.63) is 17.9 Å². The highest BCUT2D eigenvalue weighted by Gasteiger charge is 2.33. The Balaban J connectivity index is 2.13. The van der Waals surface area contributed by atoms with Gasteiger partial charge in [0.15, 0.2) is 11.6 Å². The molecule has 0 spiro atoms. The number of hydrogen-bond acceptors (Lipinski definition) is 3. The number of nitrogens with two attached hydrogens (primary N) is 1. The van der Waals surface area contributed by atoms with Crippen molar-refractivity contribution in [2.45, 2.75) is 26.7 Å². The summed E-state index contributed by atoms with van der Waals surface area (Å²) in [6.45, 7) is 5.73. The molecule has 1 aliphatic carbocycles. The molecule has 0 bridgehead atoms. The van der Waals surface area contributed by atoms with Crippen LogP contribution in [0.2, 0.25) is 0 Å². The second-order valence-electron chi connectivity index (χ2n) is 5.54. The summed E-state index contributed by atoms with van der Waals surface area (Å²) >= 11 is 0. The number of benzene rings is 1. The molecule has 2 N–H and O–H groups in total. The Morgan fingerprint density at radius 1 is 1.47 bits per heavy atom. The van der Waals surface area contributed by atoms with Gasteiger partial charge in [0.2, 0.25) is 0 Å². The Hall–Kier alpha value is -1.45. The fourth-order valence-corrected chi connectivity index (χ4v) is 2.31. The van der Waals surface area contributed by atoms with Crippen LogP contribution in [0.3, 0.4) is 0 Å². The predicted octanol–water partition coefficient (Wildman–Crippen LogP) is 3.29. The first-order valence-electron chi connectivity index (χ1n) is 6.95. The van der Waals surface area contributed by atoms with Crippen LogP contribution in [-0.2, 0) is 0 Å². The topological polar surface area (TPSA) is 38.5 Å². The zero-order valence-electron chi connectivity index (χ0n) is 11.9. The van der Waals surface area contributed by atoms with Gasteiger partial charge in [0, 0.05) is 25.7 Å². The lowest BCUT2D eigenvalue weighted by atomic mass is 10.2. The maximum Gasteiger partial charge on any atom is 0.167 e. The second-order valence-corrected chi connectivity index (χ2v) is 5.54. The minimum absolute atomic E-state index is 0.293. The van der Waals surface area contributed by atoms with Crippen LogP contribution in [-0.4, -0.2) is 20.2 Å². The van der Waals surface area contributed by atoms with E-state index in [9.17, 15) is 4.39 Å². The SMILES string of the molecule is CCCOc1cc(N(C)CC2CC2C)c(N)cc1F. The zero-order valence-corrected chi connectivity index (χ0v) is 11.9. The molecule has 1 aromatic rings. The lowest BCUT2D eigenvalue weighted by Crippen LogP contribution is -2.22. The van der Waals surface area contributed by atoms with Crippen molar-refractivity contribution < 1.29 is 9.13 Å². The van der Waals surface area contributed by atoms with Crippen LogP contribution >= 0.6 is 0 Å². The number of anilines is 2. The van der Waals surface area contributed by atoms with Gasteiger partial charge in [0.1, 0.15) is 0 Å². The van der Waals surface area contributed by atoms with Gasteiger partial charge in [0.05, 0.1) is 18.0 Å². The van der Waals surface area contributed by atoms with Gasteiger partial charge in [-0.2, -0.15) is 0 Å². The molecule has 1 aliphatic rings. The van der Waals surface area contributed by atoms with Crippen LogP contribution in [0.5, 0.6) is 5.75 Å². The summed E-state index contributed by atoms with van der Waals surface area (Å²) in [5.74, 6) is 1.43. The van der Waals surface area contributed by atoms with Gasteiger partial charge in [-0.05, 0) is 24.7 Å². The third-order valence-electron chi connectivity index (χ3n) is 3.74. The molecule has 0 saturated heterocycles.